The molecule has 0 saturated carbocycles. The molecule has 0 radical (unpaired) electrons. The van der Waals surface area contributed by atoms with Gasteiger partial charge in [0.05, 0.1) is 10.4 Å². The first-order valence-corrected chi connectivity index (χ1v) is 8.02. The molecule has 1 nitrogen and oxygen atoms in total. The highest BCUT2D eigenvalue weighted by Crippen LogP contribution is 2.35. The lowest BCUT2D eigenvalue weighted by atomic mass is 10.1. The molecule has 0 saturated heterocycles. The summed E-state index contributed by atoms with van der Waals surface area (Å²) in [5.41, 5.74) is 8.51. The minimum absolute atomic E-state index is 0.115. The normalized spacial score (nSPS) is 12.8. The fourth-order valence-electron chi connectivity index (χ4n) is 1.54. The van der Waals surface area contributed by atoms with Crippen molar-refractivity contribution in [1.29, 1.82) is 0 Å². The highest BCUT2D eigenvalue weighted by molar-refractivity contribution is 14.1. The second-order valence-corrected chi connectivity index (χ2v) is 7.51. The van der Waals surface area contributed by atoms with E-state index in [1.54, 1.807) is 11.3 Å². The molecule has 0 amide bonds. The van der Waals surface area contributed by atoms with E-state index in [4.69, 9.17) is 17.3 Å². The van der Waals surface area contributed by atoms with E-state index in [1.165, 1.54) is 3.57 Å². The molecule has 1 atom stereocenters. The Bertz CT molecular complexity index is 536. The molecule has 1 aromatic carbocycles. The monoisotopic (exact) mass is 441 g/mol. The van der Waals surface area contributed by atoms with Crippen LogP contribution in [0.2, 0.25) is 4.34 Å². The van der Waals surface area contributed by atoms with Gasteiger partial charge >= 0.3 is 0 Å². The first kappa shape index (κ1) is 13.8. The number of hydrogen-bond acceptors (Lipinski definition) is 2. The molecule has 1 aromatic heterocycles. The van der Waals surface area contributed by atoms with Crippen LogP contribution in [0.1, 0.15) is 22.0 Å². The van der Waals surface area contributed by atoms with Crippen LogP contribution in [-0.2, 0) is 0 Å². The lowest BCUT2D eigenvalue weighted by molar-refractivity contribution is 0.885. The number of nitrogens with two attached hydrogens (primary N) is 1. The second kappa shape index (κ2) is 5.57. The van der Waals surface area contributed by atoms with Gasteiger partial charge in [0.1, 0.15) is 0 Å². The highest BCUT2D eigenvalue weighted by atomic mass is 127. The van der Waals surface area contributed by atoms with Crippen LogP contribution < -0.4 is 5.73 Å². The zero-order valence-electron chi connectivity index (χ0n) is 9.01. The van der Waals surface area contributed by atoms with Gasteiger partial charge in [-0.3, -0.25) is 0 Å². The maximum Gasteiger partial charge on any atom is 0.0961 e. The molecule has 5 heteroatoms. The predicted octanol–water partition coefficient (Wildman–Crippen LogP) is 5.13. The van der Waals surface area contributed by atoms with Crippen LogP contribution in [0.25, 0.3) is 0 Å². The van der Waals surface area contributed by atoms with Crippen molar-refractivity contribution >= 4 is 61.5 Å². The molecule has 17 heavy (non-hydrogen) atoms. The van der Waals surface area contributed by atoms with Gasteiger partial charge in [-0.25, -0.2) is 0 Å². The third-order valence-corrected chi connectivity index (χ3v) is 5.59. The number of aryl methyl sites for hydroxylation is 1. The summed E-state index contributed by atoms with van der Waals surface area (Å²) in [5, 5.41) is 0. The van der Waals surface area contributed by atoms with Crippen molar-refractivity contribution in [2.75, 3.05) is 0 Å². The van der Waals surface area contributed by atoms with Crippen molar-refractivity contribution in [3.05, 3.63) is 52.6 Å². The van der Waals surface area contributed by atoms with Crippen LogP contribution in [0, 0.1) is 10.5 Å². The van der Waals surface area contributed by atoms with E-state index in [9.17, 15) is 0 Å². The molecule has 0 aliphatic rings. The summed E-state index contributed by atoms with van der Waals surface area (Å²) in [5.74, 6) is 0. The Labute approximate surface area is 132 Å². The summed E-state index contributed by atoms with van der Waals surface area (Å²) in [4.78, 5) is 1.10. The van der Waals surface area contributed by atoms with Gasteiger partial charge in [-0.2, -0.15) is 0 Å². The number of thiophene rings is 1. The summed E-state index contributed by atoms with van der Waals surface area (Å²) in [6.45, 7) is 2.00. The second-order valence-electron chi connectivity index (χ2n) is 3.75. The lowest BCUT2D eigenvalue weighted by Gasteiger charge is -2.12. The molecule has 0 aliphatic heterocycles. The summed E-state index contributed by atoms with van der Waals surface area (Å²) in [6, 6.07) is 8.09. The van der Waals surface area contributed by atoms with Crippen LogP contribution in [0.3, 0.4) is 0 Å². The minimum Gasteiger partial charge on any atom is -0.320 e. The number of halogens is 3. The van der Waals surface area contributed by atoms with E-state index >= 15 is 0 Å². The molecule has 2 rings (SSSR count). The molecular formula is C12H10BrClINS. The van der Waals surface area contributed by atoms with E-state index in [2.05, 4.69) is 56.7 Å². The van der Waals surface area contributed by atoms with Crippen molar-refractivity contribution in [3.8, 4) is 0 Å². The smallest absolute Gasteiger partial charge is 0.0961 e. The first-order valence-electron chi connectivity index (χ1n) is 4.95. The molecule has 1 heterocycles. The molecule has 90 valence electrons. The van der Waals surface area contributed by atoms with Gasteiger partial charge in [0.15, 0.2) is 0 Å². The fourth-order valence-corrected chi connectivity index (χ4v) is 3.83. The largest absolute Gasteiger partial charge is 0.320 e. The Hall–Kier alpha value is 0.380. The van der Waals surface area contributed by atoms with Gasteiger partial charge in [-0.15, -0.1) is 11.3 Å². The summed E-state index contributed by atoms with van der Waals surface area (Å²) >= 11 is 13.4. The van der Waals surface area contributed by atoms with E-state index < -0.39 is 0 Å². The first-order chi connectivity index (χ1) is 7.99. The van der Waals surface area contributed by atoms with E-state index in [-0.39, 0.29) is 6.04 Å². The molecule has 2 aromatic rings. The third-order valence-electron chi connectivity index (χ3n) is 2.48. The Morgan fingerprint density at radius 2 is 2.12 bits per heavy atom. The lowest BCUT2D eigenvalue weighted by Crippen LogP contribution is -2.11. The van der Waals surface area contributed by atoms with Crippen molar-refractivity contribution in [2.45, 2.75) is 13.0 Å². The molecule has 2 N–H and O–H groups in total. The van der Waals surface area contributed by atoms with Crippen molar-refractivity contribution in [3.63, 3.8) is 0 Å². The Kier molecular flexibility index (Phi) is 4.52. The third kappa shape index (κ3) is 3.04. The topological polar surface area (TPSA) is 26.0 Å². The molecule has 0 bridgehead atoms. The predicted molar refractivity (Wildman–Crippen MR) is 87.0 cm³/mol. The number of benzene rings is 1. The van der Waals surface area contributed by atoms with Crippen LogP contribution in [0.4, 0.5) is 0 Å². The van der Waals surface area contributed by atoms with Crippen LogP contribution in [0.15, 0.2) is 28.7 Å². The zero-order chi connectivity index (χ0) is 12.6. The van der Waals surface area contributed by atoms with Gasteiger partial charge in [0.2, 0.25) is 0 Å². The summed E-state index contributed by atoms with van der Waals surface area (Å²) in [6.07, 6.45) is 0. The van der Waals surface area contributed by atoms with E-state index in [0.29, 0.717) is 0 Å². The maximum absolute atomic E-state index is 6.29. The minimum atomic E-state index is -0.115. The molecule has 0 spiro atoms. The zero-order valence-corrected chi connectivity index (χ0v) is 14.3. The van der Waals surface area contributed by atoms with E-state index in [0.717, 1.165) is 24.8 Å². The Balaban J connectivity index is 2.42. The summed E-state index contributed by atoms with van der Waals surface area (Å²) in [7, 11) is 0. The maximum atomic E-state index is 6.29. The standard InChI is InChI=1S/C12H10BrClINS/c1-6-4-10(17-12(6)14)11(16)8-5-7(13)2-3-9(8)15/h2-5,11H,16H2,1H3. The van der Waals surface area contributed by atoms with Crippen molar-refractivity contribution in [1.82, 2.24) is 0 Å². The molecular weight excluding hydrogens is 432 g/mol. The average Bonchev–Trinajstić information content (AvgIpc) is 2.62. The van der Waals surface area contributed by atoms with Crippen molar-refractivity contribution in [2.24, 2.45) is 5.73 Å². The van der Waals surface area contributed by atoms with Crippen molar-refractivity contribution < 1.29 is 0 Å². The van der Waals surface area contributed by atoms with Gasteiger partial charge in [-0.1, -0.05) is 27.5 Å². The Morgan fingerprint density at radius 1 is 1.41 bits per heavy atom. The quantitative estimate of drug-likeness (QED) is 0.642. The van der Waals surface area contributed by atoms with Gasteiger partial charge < -0.3 is 5.73 Å². The number of rotatable bonds is 2. The fraction of sp³-hybridized carbons (Fsp3) is 0.167. The average molecular weight is 443 g/mol. The summed E-state index contributed by atoms with van der Waals surface area (Å²) < 4.78 is 3.03. The van der Waals surface area contributed by atoms with Crippen LogP contribution >= 0.6 is 61.5 Å². The Morgan fingerprint density at radius 3 is 2.71 bits per heavy atom. The van der Waals surface area contributed by atoms with Gasteiger partial charge in [0, 0.05) is 12.9 Å². The van der Waals surface area contributed by atoms with Crippen LogP contribution in [0.5, 0.6) is 0 Å². The molecule has 1 unspecified atom stereocenters. The van der Waals surface area contributed by atoms with E-state index in [1.807, 2.05) is 13.0 Å². The SMILES string of the molecule is Cc1cc(C(N)c2cc(Br)ccc2I)sc1Cl. The van der Waals surface area contributed by atoms with Gasteiger partial charge in [-0.05, 0) is 64.9 Å². The van der Waals surface area contributed by atoms with Gasteiger partial charge in [0.25, 0.3) is 0 Å². The number of hydrogen-bond donors (Lipinski definition) is 1. The molecule has 0 aliphatic carbocycles. The van der Waals surface area contributed by atoms with Crippen LogP contribution in [-0.4, -0.2) is 0 Å². The molecule has 0 fully saturated rings. The highest BCUT2D eigenvalue weighted by Gasteiger charge is 2.16.